The van der Waals surface area contributed by atoms with Gasteiger partial charge in [-0.2, -0.15) is 0 Å². The SMILES string of the molecule is CCOC1(c2nc(C)cc(CN)n2)CCOCC1. The number of nitrogens with two attached hydrogens (primary N) is 1. The van der Waals surface area contributed by atoms with E-state index in [0.29, 0.717) is 26.4 Å². The molecule has 0 unspecified atom stereocenters. The fraction of sp³-hybridized carbons (Fsp3) is 0.692. The van der Waals surface area contributed by atoms with E-state index in [-0.39, 0.29) is 0 Å². The van der Waals surface area contributed by atoms with Crippen molar-refractivity contribution < 1.29 is 9.47 Å². The van der Waals surface area contributed by atoms with E-state index in [9.17, 15) is 0 Å². The van der Waals surface area contributed by atoms with E-state index in [1.54, 1.807) is 0 Å². The molecule has 5 nitrogen and oxygen atoms in total. The zero-order valence-electron chi connectivity index (χ0n) is 11.1. The first-order valence-electron chi connectivity index (χ1n) is 6.47. The highest BCUT2D eigenvalue weighted by Gasteiger charge is 2.38. The minimum Gasteiger partial charge on any atom is -0.381 e. The summed E-state index contributed by atoms with van der Waals surface area (Å²) in [5.41, 5.74) is 7.08. The lowest BCUT2D eigenvalue weighted by Crippen LogP contribution is -2.38. The first-order valence-corrected chi connectivity index (χ1v) is 6.47. The molecule has 0 amide bonds. The van der Waals surface area contributed by atoms with Crippen molar-refractivity contribution in [1.82, 2.24) is 9.97 Å². The van der Waals surface area contributed by atoms with Gasteiger partial charge in [-0.3, -0.25) is 0 Å². The lowest BCUT2D eigenvalue weighted by Gasteiger charge is -2.35. The van der Waals surface area contributed by atoms with E-state index in [1.165, 1.54) is 0 Å². The summed E-state index contributed by atoms with van der Waals surface area (Å²) in [4.78, 5) is 9.10. The maximum atomic E-state index is 5.97. The van der Waals surface area contributed by atoms with Crippen molar-refractivity contribution in [2.24, 2.45) is 5.73 Å². The van der Waals surface area contributed by atoms with Crippen LogP contribution in [0.4, 0.5) is 0 Å². The third kappa shape index (κ3) is 2.68. The monoisotopic (exact) mass is 251 g/mol. The summed E-state index contributed by atoms with van der Waals surface area (Å²) in [5.74, 6) is 0.758. The van der Waals surface area contributed by atoms with Crippen LogP contribution in [0.2, 0.25) is 0 Å². The van der Waals surface area contributed by atoms with Crippen molar-refractivity contribution in [3.63, 3.8) is 0 Å². The summed E-state index contributed by atoms with van der Waals surface area (Å²) in [5, 5.41) is 0. The molecule has 1 aliphatic rings. The molecular weight excluding hydrogens is 230 g/mol. The number of ether oxygens (including phenoxy) is 2. The Morgan fingerprint density at radius 2 is 2.11 bits per heavy atom. The van der Waals surface area contributed by atoms with Gasteiger partial charge in [0.15, 0.2) is 5.82 Å². The van der Waals surface area contributed by atoms with Crippen molar-refractivity contribution in [3.8, 4) is 0 Å². The lowest BCUT2D eigenvalue weighted by molar-refractivity contribution is -0.118. The lowest BCUT2D eigenvalue weighted by atomic mass is 9.92. The minimum atomic E-state index is -0.400. The molecule has 1 aliphatic heterocycles. The molecule has 1 aromatic heterocycles. The normalized spacial score (nSPS) is 18.8. The molecule has 0 atom stereocenters. The predicted octanol–water partition coefficient (Wildman–Crippen LogP) is 1.29. The minimum absolute atomic E-state index is 0.400. The van der Waals surface area contributed by atoms with Crippen LogP contribution in [0, 0.1) is 6.92 Å². The van der Waals surface area contributed by atoms with Gasteiger partial charge in [-0.15, -0.1) is 0 Å². The van der Waals surface area contributed by atoms with E-state index in [1.807, 2.05) is 19.9 Å². The highest BCUT2D eigenvalue weighted by molar-refractivity contribution is 5.14. The van der Waals surface area contributed by atoms with Gasteiger partial charge in [0.05, 0.1) is 5.69 Å². The Morgan fingerprint density at radius 1 is 1.39 bits per heavy atom. The van der Waals surface area contributed by atoms with Gasteiger partial charge in [0.2, 0.25) is 0 Å². The molecule has 0 aromatic carbocycles. The van der Waals surface area contributed by atoms with Crippen molar-refractivity contribution in [2.45, 2.75) is 38.8 Å². The molecule has 1 saturated heterocycles. The Hall–Kier alpha value is -1.04. The van der Waals surface area contributed by atoms with Crippen molar-refractivity contribution >= 4 is 0 Å². The summed E-state index contributed by atoms with van der Waals surface area (Å²) in [6.07, 6.45) is 1.60. The smallest absolute Gasteiger partial charge is 0.160 e. The highest BCUT2D eigenvalue weighted by Crippen LogP contribution is 2.34. The molecule has 0 aliphatic carbocycles. The van der Waals surface area contributed by atoms with Gasteiger partial charge in [-0.05, 0) is 19.9 Å². The van der Waals surface area contributed by atoms with Crippen molar-refractivity contribution in [3.05, 3.63) is 23.3 Å². The van der Waals surface area contributed by atoms with E-state index >= 15 is 0 Å². The summed E-state index contributed by atoms with van der Waals surface area (Å²) in [6, 6.07) is 1.92. The number of hydrogen-bond acceptors (Lipinski definition) is 5. The molecular formula is C13H21N3O2. The van der Waals surface area contributed by atoms with Crippen LogP contribution in [0.1, 0.15) is 37.0 Å². The molecule has 0 spiro atoms. The van der Waals surface area contributed by atoms with Crippen molar-refractivity contribution in [2.75, 3.05) is 19.8 Å². The summed E-state index contributed by atoms with van der Waals surface area (Å²) in [7, 11) is 0. The largest absolute Gasteiger partial charge is 0.381 e. The molecule has 2 heterocycles. The Balaban J connectivity index is 2.37. The second kappa shape index (κ2) is 5.73. The third-order valence-electron chi connectivity index (χ3n) is 3.25. The quantitative estimate of drug-likeness (QED) is 0.873. The standard InChI is InChI=1S/C13H21N3O2/c1-3-18-13(4-6-17-7-5-13)12-15-10(2)8-11(9-14)16-12/h8H,3-7,9,14H2,1-2H3. The summed E-state index contributed by atoms with van der Waals surface area (Å²) in [6.45, 7) is 6.41. The second-order valence-electron chi connectivity index (χ2n) is 4.57. The van der Waals surface area contributed by atoms with Crippen LogP contribution in [0.3, 0.4) is 0 Å². The third-order valence-corrected chi connectivity index (χ3v) is 3.25. The molecule has 0 radical (unpaired) electrons. The van der Waals surface area contributed by atoms with Crippen LogP contribution in [-0.4, -0.2) is 29.8 Å². The van der Waals surface area contributed by atoms with Gasteiger partial charge in [0.1, 0.15) is 5.60 Å². The average molecular weight is 251 g/mol. The zero-order valence-corrected chi connectivity index (χ0v) is 11.1. The molecule has 100 valence electrons. The zero-order chi connectivity index (χ0) is 13.0. The van der Waals surface area contributed by atoms with Crippen LogP contribution >= 0.6 is 0 Å². The van der Waals surface area contributed by atoms with Crippen LogP contribution in [0.15, 0.2) is 6.07 Å². The second-order valence-corrected chi connectivity index (χ2v) is 4.57. The topological polar surface area (TPSA) is 70.3 Å². The highest BCUT2D eigenvalue weighted by atomic mass is 16.5. The molecule has 0 bridgehead atoms. The molecule has 1 fully saturated rings. The predicted molar refractivity (Wildman–Crippen MR) is 68.0 cm³/mol. The van der Waals surface area contributed by atoms with Gasteiger partial charge in [0.25, 0.3) is 0 Å². The molecule has 5 heteroatoms. The van der Waals surface area contributed by atoms with Gasteiger partial charge >= 0.3 is 0 Å². The van der Waals surface area contributed by atoms with Gasteiger partial charge in [-0.1, -0.05) is 0 Å². The molecule has 2 N–H and O–H groups in total. The maximum Gasteiger partial charge on any atom is 0.160 e. The summed E-state index contributed by atoms with van der Waals surface area (Å²) < 4.78 is 11.4. The fourth-order valence-electron chi connectivity index (χ4n) is 2.35. The van der Waals surface area contributed by atoms with Crippen molar-refractivity contribution in [1.29, 1.82) is 0 Å². The first-order chi connectivity index (χ1) is 8.70. The maximum absolute atomic E-state index is 5.97. The molecule has 18 heavy (non-hydrogen) atoms. The van der Waals surface area contributed by atoms with E-state index in [4.69, 9.17) is 15.2 Å². The van der Waals surface area contributed by atoms with Gasteiger partial charge in [0, 0.05) is 44.9 Å². The van der Waals surface area contributed by atoms with Crippen LogP contribution in [0.25, 0.3) is 0 Å². The van der Waals surface area contributed by atoms with Crippen LogP contribution < -0.4 is 5.73 Å². The Kier molecular flexibility index (Phi) is 4.27. The van der Waals surface area contributed by atoms with Gasteiger partial charge in [-0.25, -0.2) is 9.97 Å². The average Bonchev–Trinajstić information content (AvgIpc) is 2.39. The van der Waals surface area contributed by atoms with E-state index in [2.05, 4.69) is 9.97 Å². The van der Waals surface area contributed by atoms with E-state index in [0.717, 1.165) is 30.1 Å². The number of aryl methyl sites for hydroxylation is 1. The Labute approximate surface area is 108 Å². The number of rotatable bonds is 4. The summed E-state index contributed by atoms with van der Waals surface area (Å²) >= 11 is 0. The van der Waals surface area contributed by atoms with Crippen LogP contribution in [0.5, 0.6) is 0 Å². The Morgan fingerprint density at radius 3 is 2.72 bits per heavy atom. The number of hydrogen-bond donors (Lipinski definition) is 1. The Bertz CT molecular complexity index is 398. The first kappa shape index (κ1) is 13.4. The molecule has 0 saturated carbocycles. The number of aromatic nitrogens is 2. The van der Waals surface area contributed by atoms with Crippen LogP contribution in [-0.2, 0) is 21.6 Å². The molecule has 2 rings (SSSR count). The fourth-order valence-corrected chi connectivity index (χ4v) is 2.35. The van der Waals surface area contributed by atoms with E-state index < -0.39 is 5.60 Å². The number of nitrogens with zero attached hydrogens (tertiary/aromatic N) is 2. The molecule has 1 aromatic rings. The van der Waals surface area contributed by atoms with Gasteiger partial charge < -0.3 is 15.2 Å².